The van der Waals surface area contributed by atoms with E-state index in [2.05, 4.69) is 0 Å². The normalized spacial score (nSPS) is 16.7. The number of nitrogens with zero attached hydrogens (tertiary/aromatic N) is 2. The number of hydrogen-bond donors (Lipinski definition) is 0. The van der Waals surface area contributed by atoms with Gasteiger partial charge < -0.3 is 14.5 Å². The molecule has 2 rings (SSSR count). The lowest BCUT2D eigenvalue weighted by Crippen LogP contribution is -2.51. The van der Waals surface area contributed by atoms with Gasteiger partial charge in [-0.3, -0.25) is 9.59 Å². The lowest BCUT2D eigenvalue weighted by atomic mass is 10.2. The van der Waals surface area contributed by atoms with Crippen molar-refractivity contribution in [1.82, 2.24) is 9.80 Å². The fourth-order valence-electron chi connectivity index (χ4n) is 2.25. The molecule has 1 atom stereocenters. The molecule has 20 heavy (non-hydrogen) atoms. The van der Waals surface area contributed by atoms with Crippen molar-refractivity contribution in [3.8, 4) is 5.75 Å². The standard InChI is InChI=1S/C15H20N2O3/c1-12-4-3-5-14(10-12)20-13(2)15(19)17-8-6-16(11-18)7-9-17/h3-5,10-11,13H,6-9H2,1-2H3/t13-/m1/s1. The Morgan fingerprint density at radius 1 is 1.30 bits per heavy atom. The van der Waals surface area contributed by atoms with Crippen molar-refractivity contribution in [2.45, 2.75) is 20.0 Å². The molecule has 0 N–H and O–H groups in total. The molecule has 0 aromatic heterocycles. The lowest BCUT2D eigenvalue weighted by Gasteiger charge is -2.34. The zero-order valence-corrected chi connectivity index (χ0v) is 11.9. The average Bonchev–Trinajstić information content (AvgIpc) is 2.46. The number of hydrogen-bond acceptors (Lipinski definition) is 3. The van der Waals surface area contributed by atoms with Crippen LogP contribution in [-0.4, -0.2) is 54.4 Å². The maximum atomic E-state index is 12.3. The molecule has 0 bridgehead atoms. The van der Waals surface area contributed by atoms with Crippen LogP contribution >= 0.6 is 0 Å². The first-order valence-electron chi connectivity index (χ1n) is 6.81. The first kappa shape index (κ1) is 14.4. The van der Waals surface area contributed by atoms with Crippen molar-refractivity contribution < 1.29 is 14.3 Å². The molecule has 0 unspecified atom stereocenters. The van der Waals surface area contributed by atoms with Crippen LogP contribution in [0.5, 0.6) is 5.75 Å². The van der Waals surface area contributed by atoms with E-state index < -0.39 is 6.10 Å². The van der Waals surface area contributed by atoms with Crippen LogP contribution in [0.1, 0.15) is 12.5 Å². The Morgan fingerprint density at radius 2 is 2.00 bits per heavy atom. The third-order valence-corrected chi connectivity index (χ3v) is 3.43. The molecule has 0 saturated carbocycles. The summed E-state index contributed by atoms with van der Waals surface area (Å²) in [6.45, 7) is 6.06. The van der Waals surface area contributed by atoms with Gasteiger partial charge in [-0.15, -0.1) is 0 Å². The zero-order chi connectivity index (χ0) is 14.5. The fraction of sp³-hybridized carbons (Fsp3) is 0.467. The van der Waals surface area contributed by atoms with E-state index in [1.165, 1.54) is 0 Å². The van der Waals surface area contributed by atoms with Gasteiger partial charge in [0, 0.05) is 26.2 Å². The Labute approximate surface area is 119 Å². The minimum Gasteiger partial charge on any atom is -0.481 e. The van der Waals surface area contributed by atoms with Crippen molar-refractivity contribution in [3.05, 3.63) is 29.8 Å². The van der Waals surface area contributed by atoms with E-state index >= 15 is 0 Å². The van der Waals surface area contributed by atoms with Gasteiger partial charge in [-0.25, -0.2) is 0 Å². The second kappa shape index (κ2) is 6.41. The SMILES string of the molecule is Cc1cccc(O[C@H](C)C(=O)N2CCN(C=O)CC2)c1. The van der Waals surface area contributed by atoms with Gasteiger partial charge in [0.15, 0.2) is 6.10 Å². The van der Waals surface area contributed by atoms with Crippen LogP contribution in [0.2, 0.25) is 0 Å². The van der Waals surface area contributed by atoms with E-state index in [1.807, 2.05) is 31.2 Å². The van der Waals surface area contributed by atoms with Gasteiger partial charge in [0.1, 0.15) is 5.75 Å². The molecule has 0 radical (unpaired) electrons. The second-order valence-electron chi connectivity index (χ2n) is 5.04. The number of amides is 2. The Balaban J connectivity index is 1.90. The molecule has 1 fully saturated rings. The summed E-state index contributed by atoms with van der Waals surface area (Å²) in [5, 5.41) is 0. The summed E-state index contributed by atoms with van der Waals surface area (Å²) in [5.74, 6) is 0.675. The van der Waals surface area contributed by atoms with Gasteiger partial charge in [-0.1, -0.05) is 12.1 Å². The third kappa shape index (κ3) is 3.50. The highest BCUT2D eigenvalue weighted by Gasteiger charge is 2.25. The molecular weight excluding hydrogens is 256 g/mol. The van der Waals surface area contributed by atoms with E-state index in [0.717, 1.165) is 12.0 Å². The molecule has 1 aliphatic rings. The molecule has 0 spiro atoms. The molecule has 108 valence electrons. The summed E-state index contributed by atoms with van der Waals surface area (Å²) in [4.78, 5) is 26.3. The predicted molar refractivity (Wildman–Crippen MR) is 75.5 cm³/mol. The van der Waals surface area contributed by atoms with Crippen LogP contribution in [0, 0.1) is 6.92 Å². The third-order valence-electron chi connectivity index (χ3n) is 3.43. The van der Waals surface area contributed by atoms with Crippen molar-refractivity contribution in [2.75, 3.05) is 26.2 Å². The van der Waals surface area contributed by atoms with Crippen LogP contribution in [0.3, 0.4) is 0 Å². The summed E-state index contributed by atoms with van der Waals surface area (Å²) in [6, 6.07) is 7.65. The van der Waals surface area contributed by atoms with Gasteiger partial charge in [-0.2, -0.15) is 0 Å². The monoisotopic (exact) mass is 276 g/mol. The number of rotatable bonds is 4. The molecule has 0 aliphatic carbocycles. The van der Waals surface area contributed by atoms with Crippen LogP contribution in [0.15, 0.2) is 24.3 Å². The molecule has 2 amide bonds. The Kier molecular flexibility index (Phi) is 4.61. The number of carbonyl (C=O) groups is 2. The quantitative estimate of drug-likeness (QED) is 0.773. The minimum atomic E-state index is -0.514. The van der Waals surface area contributed by atoms with E-state index in [0.29, 0.717) is 31.9 Å². The zero-order valence-electron chi connectivity index (χ0n) is 11.9. The number of carbonyl (C=O) groups excluding carboxylic acids is 2. The molecular formula is C15H20N2O3. The smallest absolute Gasteiger partial charge is 0.263 e. The topological polar surface area (TPSA) is 49.9 Å². The van der Waals surface area contributed by atoms with Crippen molar-refractivity contribution in [2.24, 2.45) is 0 Å². The van der Waals surface area contributed by atoms with E-state index in [1.54, 1.807) is 16.7 Å². The first-order valence-corrected chi connectivity index (χ1v) is 6.81. The summed E-state index contributed by atoms with van der Waals surface area (Å²) in [6.07, 6.45) is 0.314. The van der Waals surface area contributed by atoms with Crippen LogP contribution in [0.25, 0.3) is 0 Å². The summed E-state index contributed by atoms with van der Waals surface area (Å²) in [7, 11) is 0. The Bertz CT molecular complexity index is 482. The molecule has 1 heterocycles. The first-order chi connectivity index (χ1) is 9.60. The summed E-state index contributed by atoms with van der Waals surface area (Å²) in [5.41, 5.74) is 1.10. The number of piperazine rings is 1. The van der Waals surface area contributed by atoms with E-state index in [9.17, 15) is 9.59 Å². The van der Waals surface area contributed by atoms with Crippen LogP contribution < -0.4 is 4.74 Å². The second-order valence-corrected chi connectivity index (χ2v) is 5.04. The highest BCUT2D eigenvalue weighted by molar-refractivity contribution is 5.81. The van der Waals surface area contributed by atoms with Gasteiger partial charge >= 0.3 is 0 Å². The Hall–Kier alpha value is -2.04. The summed E-state index contributed by atoms with van der Waals surface area (Å²) >= 11 is 0. The molecule has 1 aromatic carbocycles. The molecule has 1 aromatic rings. The molecule has 5 heteroatoms. The summed E-state index contributed by atoms with van der Waals surface area (Å²) < 4.78 is 5.69. The molecule has 1 saturated heterocycles. The van der Waals surface area contributed by atoms with E-state index in [-0.39, 0.29) is 5.91 Å². The van der Waals surface area contributed by atoms with Gasteiger partial charge in [0.2, 0.25) is 6.41 Å². The maximum absolute atomic E-state index is 12.3. The Morgan fingerprint density at radius 3 is 2.60 bits per heavy atom. The fourth-order valence-corrected chi connectivity index (χ4v) is 2.25. The van der Waals surface area contributed by atoms with Gasteiger partial charge in [-0.05, 0) is 31.5 Å². The number of ether oxygens (including phenoxy) is 1. The molecule has 5 nitrogen and oxygen atoms in total. The highest BCUT2D eigenvalue weighted by Crippen LogP contribution is 2.15. The van der Waals surface area contributed by atoms with Crippen LogP contribution in [0.4, 0.5) is 0 Å². The van der Waals surface area contributed by atoms with Crippen LogP contribution in [-0.2, 0) is 9.59 Å². The lowest BCUT2D eigenvalue weighted by molar-refractivity contribution is -0.141. The van der Waals surface area contributed by atoms with Crippen molar-refractivity contribution in [3.63, 3.8) is 0 Å². The maximum Gasteiger partial charge on any atom is 0.263 e. The molecule has 1 aliphatic heterocycles. The highest BCUT2D eigenvalue weighted by atomic mass is 16.5. The van der Waals surface area contributed by atoms with Crippen molar-refractivity contribution >= 4 is 12.3 Å². The van der Waals surface area contributed by atoms with Crippen molar-refractivity contribution in [1.29, 1.82) is 0 Å². The van der Waals surface area contributed by atoms with E-state index in [4.69, 9.17) is 4.74 Å². The largest absolute Gasteiger partial charge is 0.481 e. The number of benzene rings is 1. The number of aryl methyl sites for hydroxylation is 1. The van der Waals surface area contributed by atoms with Gasteiger partial charge in [0.05, 0.1) is 0 Å². The van der Waals surface area contributed by atoms with Gasteiger partial charge in [0.25, 0.3) is 5.91 Å². The predicted octanol–water partition coefficient (Wildman–Crippen LogP) is 1.06. The minimum absolute atomic E-state index is 0.0305. The average molecular weight is 276 g/mol.